The highest BCUT2D eigenvalue weighted by Gasteiger charge is 2.08. The summed E-state index contributed by atoms with van der Waals surface area (Å²) in [6.45, 7) is 6.14. The summed E-state index contributed by atoms with van der Waals surface area (Å²) in [5.41, 5.74) is 2.35. The number of carbonyl (C=O) groups is 1. The zero-order chi connectivity index (χ0) is 17.5. The highest BCUT2D eigenvalue weighted by atomic mass is 32.2. The molecule has 2 N–H and O–H groups in total. The first-order chi connectivity index (χ1) is 11.4. The minimum absolute atomic E-state index is 0.126. The average molecular weight is 364 g/mol. The van der Waals surface area contributed by atoms with Gasteiger partial charge in [-0.2, -0.15) is 11.8 Å². The van der Waals surface area contributed by atoms with Crippen molar-refractivity contribution in [3.8, 4) is 0 Å². The number of benzene rings is 1. The summed E-state index contributed by atoms with van der Waals surface area (Å²) in [4.78, 5) is 30.9. The molecule has 0 aliphatic heterocycles. The first-order valence-electron chi connectivity index (χ1n) is 7.64. The van der Waals surface area contributed by atoms with Crippen LogP contribution in [0.4, 0.5) is 5.69 Å². The van der Waals surface area contributed by atoms with Gasteiger partial charge < -0.3 is 10.3 Å². The van der Waals surface area contributed by atoms with Gasteiger partial charge in [0.05, 0.1) is 11.4 Å². The van der Waals surface area contributed by atoms with Crippen molar-refractivity contribution >= 4 is 35.1 Å². The number of amides is 1. The highest BCUT2D eigenvalue weighted by molar-refractivity contribution is 7.99. The summed E-state index contributed by atoms with van der Waals surface area (Å²) in [5.74, 6) is 0.752. The third kappa shape index (κ3) is 6.05. The van der Waals surface area contributed by atoms with E-state index in [9.17, 15) is 9.59 Å². The normalized spacial score (nSPS) is 10.8. The summed E-state index contributed by atoms with van der Waals surface area (Å²) in [6, 6.07) is 9.12. The molecule has 1 amide bonds. The topological polar surface area (TPSA) is 74.8 Å². The number of para-hydroxylation sites is 1. The monoisotopic (exact) mass is 363 g/mol. The molecule has 2 aromatic rings. The van der Waals surface area contributed by atoms with Crippen molar-refractivity contribution in [3.63, 3.8) is 0 Å². The molecule has 0 saturated heterocycles. The Hall–Kier alpha value is -1.73. The molecule has 0 radical (unpaired) electrons. The van der Waals surface area contributed by atoms with Gasteiger partial charge in [-0.3, -0.25) is 9.59 Å². The lowest BCUT2D eigenvalue weighted by molar-refractivity contribution is -0.113. The number of rotatable bonds is 7. The Bertz CT molecular complexity index is 759. The van der Waals surface area contributed by atoms with Crippen molar-refractivity contribution in [2.75, 3.05) is 11.1 Å². The number of nitrogens with zero attached hydrogens (tertiary/aromatic N) is 1. The summed E-state index contributed by atoms with van der Waals surface area (Å²) < 4.78 is 0. The van der Waals surface area contributed by atoms with E-state index >= 15 is 0 Å². The molecular formula is C17H21N3O2S2. The highest BCUT2D eigenvalue weighted by Crippen LogP contribution is 2.18. The number of hydrogen-bond acceptors (Lipinski definition) is 5. The van der Waals surface area contributed by atoms with E-state index < -0.39 is 0 Å². The van der Waals surface area contributed by atoms with Crippen LogP contribution in [0.3, 0.4) is 0 Å². The van der Waals surface area contributed by atoms with Gasteiger partial charge in [-0.05, 0) is 23.8 Å². The number of hydrogen-bond donors (Lipinski definition) is 2. The van der Waals surface area contributed by atoms with Gasteiger partial charge >= 0.3 is 0 Å². The molecule has 2 rings (SSSR count). The van der Waals surface area contributed by atoms with Gasteiger partial charge in [0.1, 0.15) is 0 Å². The van der Waals surface area contributed by atoms with Gasteiger partial charge in [0.2, 0.25) is 5.91 Å². The van der Waals surface area contributed by atoms with Crippen molar-refractivity contribution < 1.29 is 4.79 Å². The molecule has 5 nitrogen and oxygen atoms in total. The van der Waals surface area contributed by atoms with Crippen LogP contribution in [-0.4, -0.2) is 26.9 Å². The zero-order valence-electron chi connectivity index (χ0n) is 14.0. The van der Waals surface area contributed by atoms with Crippen LogP contribution < -0.4 is 10.9 Å². The molecule has 0 fully saturated rings. The number of aromatic nitrogens is 2. The van der Waals surface area contributed by atoms with Crippen LogP contribution >= 0.6 is 23.5 Å². The standard InChI is InChI=1S/C17H21N3O2S2/c1-11(2)23-9-13-8-15(21)20-17(18-13)24-10-16(22)19-14-7-5-4-6-12(14)3/h4-8,11H,9-10H2,1-3H3,(H,19,22)(H,18,20,21). The first-order valence-corrected chi connectivity index (χ1v) is 9.67. The van der Waals surface area contributed by atoms with Crippen molar-refractivity contribution in [2.24, 2.45) is 0 Å². The van der Waals surface area contributed by atoms with E-state index in [4.69, 9.17) is 0 Å². The average Bonchev–Trinajstić information content (AvgIpc) is 2.53. The maximum atomic E-state index is 12.1. The Morgan fingerprint density at radius 2 is 2.08 bits per heavy atom. The van der Waals surface area contributed by atoms with Crippen molar-refractivity contribution in [1.82, 2.24) is 9.97 Å². The third-order valence-electron chi connectivity index (χ3n) is 3.10. The van der Waals surface area contributed by atoms with Crippen LogP contribution in [0.2, 0.25) is 0 Å². The van der Waals surface area contributed by atoms with Gasteiger partial charge in [-0.1, -0.05) is 43.8 Å². The Morgan fingerprint density at radius 3 is 2.79 bits per heavy atom. The smallest absolute Gasteiger partial charge is 0.251 e. The van der Waals surface area contributed by atoms with E-state index in [0.717, 1.165) is 16.9 Å². The van der Waals surface area contributed by atoms with Crippen LogP contribution in [0.15, 0.2) is 40.3 Å². The minimum atomic E-state index is -0.189. The Morgan fingerprint density at radius 1 is 1.33 bits per heavy atom. The van der Waals surface area contributed by atoms with Crippen molar-refractivity contribution in [1.29, 1.82) is 0 Å². The zero-order valence-corrected chi connectivity index (χ0v) is 15.6. The van der Waals surface area contributed by atoms with Crippen LogP contribution in [-0.2, 0) is 10.5 Å². The molecule has 0 saturated carbocycles. The van der Waals surface area contributed by atoms with E-state index in [1.807, 2.05) is 31.2 Å². The number of aryl methyl sites for hydroxylation is 1. The Kier molecular flexibility index (Phi) is 6.93. The van der Waals surface area contributed by atoms with Crippen LogP contribution in [0.5, 0.6) is 0 Å². The molecule has 0 aliphatic carbocycles. The second-order valence-corrected chi connectivity index (χ2v) is 8.08. The van der Waals surface area contributed by atoms with Crippen molar-refractivity contribution in [2.45, 2.75) is 36.9 Å². The summed E-state index contributed by atoms with van der Waals surface area (Å²) in [7, 11) is 0. The number of anilines is 1. The molecule has 1 heterocycles. The van der Waals surface area contributed by atoms with E-state index in [-0.39, 0.29) is 17.2 Å². The number of nitrogens with one attached hydrogen (secondary N) is 2. The van der Waals surface area contributed by atoms with Gasteiger partial charge in [0.25, 0.3) is 5.56 Å². The molecule has 0 unspecified atom stereocenters. The van der Waals surface area contributed by atoms with E-state index in [0.29, 0.717) is 16.2 Å². The molecule has 7 heteroatoms. The predicted octanol–water partition coefficient (Wildman–Crippen LogP) is 3.45. The number of aromatic amines is 1. The largest absolute Gasteiger partial charge is 0.325 e. The fourth-order valence-electron chi connectivity index (χ4n) is 1.91. The lowest BCUT2D eigenvalue weighted by Gasteiger charge is -2.08. The predicted molar refractivity (Wildman–Crippen MR) is 102 cm³/mol. The summed E-state index contributed by atoms with van der Waals surface area (Å²) in [6.07, 6.45) is 0. The van der Waals surface area contributed by atoms with Crippen molar-refractivity contribution in [3.05, 3.63) is 51.9 Å². The fourth-order valence-corrected chi connectivity index (χ4v) is 3.26. The molecule has 0 bridgehead atoms. The number of thioether (sulfide) groups is 2. The quantitative estimate of drug-likeness (QED) is 0.582. The molecular weight excluding hydrogens is 342 g/mol. The van der Waals surface area contributed by atoms with Crippen LogP contribution in [0, 0.1) is 6.92 Å². The maximum absolute atomic E-state index is 12.1. The van der Waals surface area contributed by atoms with Gasteiger partial charge in [0.15, 0.2) is 5.16 Å². The Labute approximate surface area is 150 Å². The van der Waals surface area contributed by atoms with Gasteiger partial charge in [0, 0.05) is 17.5 Å². The maximum Gasteiger partial charge on any atom is 0.251 e. The second kappa shape index (κ2) is 8.94. The minimum Gasteiger partial charge on any atom is -0.325 e. The lowest BCUT2D eigenvalue weighted by atomic mass is 10.2. The lowest BCUT2D eigenvalue weighted by Crippen LogP contribution is -2.16. The van der Waals surface area contributed by atoms with E-state index in [2.05, 4.69) is 29.1 Å². The SMILES string of the molecule is Cc1ccccc1NC(=O)CSc1nc(CSC(C)C)cc(=O)[nH]1. The first kappa shape index (κ1) is 18.6. The molecule has 1 aromatic heterocycles. The summed E-state index contributed by atoms with van der Waals surface area (Å²) >= 11 is 2.95. The van der Waals surface area contributed by atoms with E-state index in [1.165, 1.54) is 17.8 Å². The Balaban J connectivity index is 1.95. The molecule has 0 aliphatic rings. The number of carbonyl (C=O) groups excluding carboxylic acids is 1. The fraction of sp³-hybridized carbons (Fsp3) is 0.353. The van der Waals surface area contributed by atoms with Crippen LogP contribution in [0.25, 0.3) is 0 Å². The van der Waals surface area contributed by atoms with E-state index in [1.54, 1.807) is 11.8 Å². The molecule has 0 atom stereocenters. The van der Waals surface area contributed by atoms with Crippen LogP contribution in [0.1, 0.15) is 25.1 Å². The molecule has 128 valence electrons. The second-order valence-electron chi connectivity index (χ2n) is 5.55. The molecule has 24 heavy (non-hydrogen) atoms. The van der Waals surface area contributed by atoms with Gasteiger partial charge in [-0.25, -0.2) is 4.98 Å². The van der Waals surface area contributed by atoms with Gasteiger partial charge in [-0.15, -0.1) is 0 Å². The molecule has 0 spiro atoms. The number of H-pyrrole nitrogens is 1. The summed E-state index contributed by atoms with van der Waals surface area (Å²) in [5, 5.41) is 3.81. The third-order valence-corrected chi connectivity index (χ3v) is 5.10. The molecule has 1 aromatic carbocycles.